The van der Waals surface area contributed by atoms with Gasteiger partial charge in [-0.2, -0.15) is 9.78 Å². The Morgan fingerprint density at radius 2 is 1.85 bits per heavy atom. The molecular weight excluding hydrogens is 371 g/mol. The van der Waals surface area contributed by atoms with Gasteiger partial charge < -0.3 is 4.42 Å². The van der Waals surface area contributed by atoms with E-state index in [4.69, 9.17) is 27.6 Å². The zero-order valence-electron chi connectivity index (χ0n) is 13.4. The SMILES string of the molecule is Clc1ccc(Cl)c(-c2ccc(/C=N\n3cnnc3-c3ccccc3)o2)c1. The summed E-state index contributed by atoms with van der Waals surface area (Å²) in [5.41, 5.74) is 1.65. The molecule has 0 aliphatic carbocycles. The average molecular weight is 383 g/mol. The van der Waals surface area contributed by atoms with Gasteiger partial charge in [-0.15, -0.1) is 10.2 Å². The van der Waals surface area contributed by atoms with Gasteiger partial charge in [-0.1, -0.05) is 53.5 Å². The first-order valence-corrected chi connectivity index (χ1v) is 8.51. The molecule has 4 aromatic rings. The van der Waals surface area contributed by atoms with Crippen LogP contribution in [0.2, 0.25) is 10.0 Å². The summed E-state index contributed by atoms with van der Waals surface area (Å²) in [7, 11) is 0. The summed E-state index contributed by atoms with van der Waals surface area (Å²) in [4.78, 5) is 0. The molecule has 0 N–H and O–H groups in total. The highest BCUT2D eigenvalue weighted by Crippen LogP contribution is 2.31. The molecule has 0 unspecified atom stereocenters. The average Bonchev–Trinajstić information content (AvgIpc) is 3.32. The van der Waals surface area contributed by atoms with Crippen LogP contribution in [0.3, 0.4) is 0 Å². The van der Waals surface area contributed by atoms with Crippen LogP contribution in [-0.4, -0.2) is 21.1 Å². The Morgan fingerprint density at radius 3 is 2.69 bits per heavy atom. The minimum Gasteiger partial charge on any atom is -0.455 e. The van der Waals surface area contributed by atoms with E-state index in [9.17, 15) is 0 Å². The van der Waals surface area contributed by atoms with Crippen molar-refractivity contribution in [2.24, 2.45) is 5.10 Å². The molecule has 2 heterocycles. The Hall–Kier alpha value is -2.89. The predicted molar refractivity (Wildman–Crippen MR) is 103 cm³/mol. The summed E-state index contributed by atoms with van der Waals surface area (Å²) >= 11 is 12.2. The second-order valence-electron chi connectivity index (χ2n) is 5.44. The number of rotatable bonds is 4. The van der Waals surface area contributed by atoms with Gasteiger partial charge in [0.05, 0.1) is 11.2 Å². The number of hydrogen-bond donors (Lipinski definition) is 0. The number of benzene rings is 2. The summed E-state index contributed by atoms with van der Waals surface area (Å²) < 4.78 is 7.39. The number of halogens is 2. The van der Waals surface area contributed by atoms with Crippen molar-refractivity contribution >= 4 is 29.4 Å². The summed E-state index contributed by atoms with van der Waals surface area (Å²) in [5, 5.41) is 13.6. The van der Waals surface area contributed by atoms with Crippen LogP contribution in [0.4, 0.5) is 0 Å². The fourth-order valence-electron chi connectivity index (χ4n) is 2.46. The quantitative estimate of drug-likeness (QED) is 0.444. The van der Waals surface area contributed by atoms with Crippen molar-refractivity contribution in [3.05, 3.63) is 82.8 Å². The number of furan rings is 1. The molecule has 2 aromatic heterocycles. The fourth-order valence-corrected chi connectivity index (χ4v) is 2.85. The van der Waals surface area contributed by atoms with Gasteiger partial charge in [0.15, 0.2) is 5.82 Å². The highest BCUT2D eigenvalue weighted by molar-refractivity contribution is 6.35. The van der Waals surface area contributed by atoms with Gasteiger partial charge in [0.2, 0.25) is 0 Å². The molecule has 4 rings (SSSR count). The van der Waals surface area contributed by atoms with Crippen LogP contribution in [0.1, 0.15) is 5.76 Å². The van der Waals surface area contributed by atoms with E-state index in [1.54, 1.807) is 29.1 Å². The van der Waals surface area contributed by atoms with Crippen LogP contribution in [0.5, 0.6) is 0 Å². The van der Waals surface area contributed by atoms with E-state index in [1.807, 2.05) is 42.5 Å². The lowest BCUT2D eigenvalue weighted by atomic mass is 10.2. The first kappa shape index (κ1) is 16.6. The van der Waals surface area contributed by atoms with Gasteiger partial charge in [0.1, 0.15) is 17.8 Å². The molecule has 0 aliphatic rings. The third-order valence-corrected chi connectivity index (χ3v) is 4.26. The molecule has 2 aromatic carbocycles. The van der Waals surface area contributed by atoms with E-state index in [0.717, 1.165) is 11.1 Å². The molecule has 0 amide bonds. The Morgan fingerprint density at radius 1 is 1.00 bits per heavy atom. The van der Waals surface area contributed by atoms with Crippen molar-refractivity contribution in [1.29, 1.82) is 0 Å². The molecule has 128 valence electrons. The topological polar surface area (TPSA) is 56.2 Å². The van der Waals surface area contributed by atoms with Gasteiger partial charge in [-0.3, -0.25) is 0 Å². The van der Waals surface area contributed by atoms with Crippen LogP contribution in [-0.2, 0) is 0 Å². The monoisotopic (exact) mass is 382 g/mol. The molecule has 0 saturated heterocycles. The lowest BCUT2D eigenvalue weighted by molar-refractivity contribution is 0.574. The summed E-state index contributed by atoms with van der Waals surface area (Å²) in [5.74, 6) is 1.83. The largest absolute Gasteiger partial charge is 0.455 e. The van der Waals surface area contributed by atoms with Crippen molar-refractivity contribution in [3.8, 4) is 22.7 Å². The van der Waals surface area contributed by atoms with Gasteiger partial charge in [-0.25, -0.2) is 0 Å². The maximum atomic E-state index is 6.21. The normalized spacial score (nSPS) is 11.3. The van der Waals surface area contributed by atoms with E-state index >= 15 is 0 Å². The Bertz CT molecular complexity index is 1070. The van der Waals surface area contributed by atoms with Crippen LogP contribution >= 0.6 is 23.2 Å². The molecule has 0 bridgehead atoms. The summed E-state index contributed by atoms with van der Waals surface area (Å²) in [6.45, 7) is 0. The minimum absolute atomic E-state index is 0.567. The predicted octanol–water partition coefficient (Wildman–Crippen LogP) is 5.39. The second-order valence-corrected chi connectivity index (χ2v) is 6.28. The molecule has 0 saturated carbocycles. The minimum atomic E-state index is 0.567. The Kier molecular flexibility index (Phi) is 4.56. The van der Waals surface area contributed by atoms with E-state index in [-0.39, 0.29) is 0 Å². The summed E-state index contributed by atoms with van der Waals surface area (Å²) in [6.07, 6.45) is 3.13. The van der Waals surface area contributed by atoms with E-state index in [0.29, 0.717) is 27.4 Å². The zero-order chi connectivity index (χ0) is 17.9. The van der Waals surface area contributed by atoms with Crippen LogP contribution in [0.15, 0.2) is 76.5 Å². The molecule has 7 heteroatoms. The zero-order valence-corrected chi connectivity index (χ0v) is 14.9. The molecule has 5 nitrogen and oxygen atoms in total. The molecule has 26 heavy (non-hydrogen) atoms. The Balaban J connectivity index is 1.61. The maximum absolute atomic E-state index is 6.21. The van der Waals surface area contributed by atoms with Crippen LogP contribution in [0.25, 0.3) is 22.7 Å². The van der Waals surface area contributed by atoms with Crippen LogP contribution in [0, 0.1) is 0 Å². The second kappa shape index (κ2) is 7.15. The molecular formula is C19H12Cl2N4O. The molecule has 0 aliphatic heterocycles. The maximum Gasteiger partial charge on any atom is 0.184 e. The van der Waals surface area contributed by atoms with Gasteiger partial charge in [0.25, 0.3) is 0 Å². The number of aromatic nitrogens is 3. The highest BCUT2D eigenvalue weighted by Gasteiger charge is 2.09. The molecule has 0 spiro atoms. The van der Waals surface area contributed by atoms with Gasteiger partial charge in [0, 0.05) is 16.1 Å². The summed E-state index contributed by atoms with van der Waals surface area (Å²) in [6, 6.07) is 18.6. The van der Waals surface area contributed by atoms with Crippen molar-refractivity contribution < 1.29 is 4.42 Å². The molecule has 0 fully saturated rings. The van der Waals surface area contributed by atoms with Gasteiger partial charge >= 0.3 is 0 Å². The van der Waals surface area contributed by atoms with E-state index in [2.05, 4.69) is 15.3 Å². The third-order valence-electron chi connectivity index (χ3n) is 3.69. The number of hydrogen-bond acceptors (Lipinski definition) is 4. The van der Waals surface area contributed by atoms with E-state index < -0.39 is 0 Å². The van der Waals surface area contributed by atoms with Crippen molar-refractivity contribution in [2.45, 2.75) is 0 Å². The fraction of sp³-hybridized carbons (Fsp3) is 0. The van der Waals surface area contributed by atoms with Gasteiger partial charge in [-0.05, 0) is 30.3 Å². The number of nitrogens with zero attached hydrogens (tertiary/aromatic N) is 4. The van der Waals surface area contributed by atoms with E-state index in [1.165, 1.54) is 6.33 Å². The molecule has 0 radical (unpaired) electrons. The van der Waals surface area contributed by atoms with Crippen molar-refractivity contribution in [1.82, 2.24) is 14.9 Å². The van der Waals surface area contributed by atoms with Crippen molar-refractivity contribution in [2.75, 3.05) is 0 Å². The highest BCUT2D eigenvalue weighted by atomic mass is 35.5. The lowest BCUT2D eigenvalue weighted by Crippen LogP contribution is -1.92. The van der Waals surface area contributed by atoms with Crippen molar-refractivity contribution in [3.63, 3.8) is 0 Å². The molecule has 0 atom stereocenters. The first-order chi connectivity index (χ1) is 12.7. The smallest absolute Gasteiger partial charge is 0.184 e. The Labute approximate surface area is 159 Å². The lowest BCUT2D eigenvalue weighted by Gasteiger charge is -2.01. The standard InChI is InChI=1S/C19H12Cl2N4O/c20-14-6-8-17(21)16(10-14)18-9-7-15(26-18)11-23-25-12-22-24-19(25)13-4-2-1-3-5-13/h1-12H/b23-11-. The van der Waals surface area contributed by atoms with Crippen LogP contribution < -0.4 is 0 Å². The third kappa shape index (κ3) is 3.40. The first-order valence-electron chi connectivity index (χ1n) is 7.76.